The van der Waals surface area contributed by atoms with Crippen molar-refractivity contribution in [3.05, 3.63) is 18.0 Å². The van der Waals surface area contributed by atoms with Crippen molar-refractivity contribution >= 4 is 11.0 Å². The highest BCUT2D eigenvalue weighted by Gasteiger charge is 2.16. The second-order valence-electron chi connectivity index (χ2n) is 4.02. The SMILES string of the molecule is Cc1nc2cc3c(cc2n1CCO)OCCO3. The van der Waals surface area contributed by atoms with Crippen LogP contribution in [0.25, 0.3) is 11.0 Å². The van der Waals surface area contributed by atoms with E-state index in [1.54, 1.807) is 0 Å². The average molecular weight is 234 g/mol. The molecule has 5 nitrogen and oxygen atoms in total. The molecule has 1 aliphatic heterocycles. The molecule has 1 aromatic carbocycles. The Kier molecular flexibility index (Phi) is 2.40. The van der Waals surface area contributed by atoms with Crippen LogP contribution in [0.5, 0.6) is 11.5 Å². The molecular weight excluding hydrogens is 220 g/mol. The summed E-state index contributed by atoms with van der Waals surface area (Å²) >= 11 is 0. The van der Waals surface area contributed by atoms with Crippen molar-refractivity contribution in [2.45, 2.75) is 13.5 Å². The predicted molar refractivity (Wildman–Crippen MR) is 62.5 cm³/mol. The Morgan fingerprint density at radius 1 is 1.29 bits per heavy atom. The van der Waals surface area contributed by atoms with Crippen molar-refractivity contribution in [2.75, 3.05) is 19.8 Å². The number of fused-ring (bicyclic) bond motifs is 2. The van der Waals surface area contributed by atoms with Crippen molar-refractivity contribution in [3.8, 4) is 11.5 Å². The lowest BCUT2D eigenvalue weighted by Crippen LogP contribution is -2.15. The van der Waals surface area contributed by atoms with Crippen molar-refractivity contribution in [2.24, 2.45) is 0 Å². The topological polar surface area (TPSA) is 56.5 Å². The van der Waals surface area contributed by atoms with Crippen LogP contribution in [0.1, 0.15) is 5.82 Å². The van der Waals surface area contributed by atoms with E-state index < -0.39 is 0 Å². The third-order valence-electron chi connectivity index (χ3n) is 2.93. The second kappa shape index (κ2) is 3.92. The van der Waals surface area contributed by atoms with E-state index in [9.17, 15) is 0 Å². The molecule has 17 heavy (non-hydrogen) atoms. The van der Waals surface area contributed by atoms with Gasteiger partial charge in [-0.15, -0.1) is 0 Å². The zero-order valence-electron chi connectivity index (χ0n) is 9.64. The molecule has 2 aromatic rings. The van der Waals surface area contributed by atoms with Gasteiger partial charge >= 0.3 is 0 Å². The molecule has 0 bridgehead atoms. The molecule has 0 spiro atoms. The standard InChI is InChI=1S/C12H14N2O3/c1-8-13-9-6-11-12(17-5-4-16-11)7-10(9)14(8)2-3-15/h6-7,15H,2-5H2,1H3. The van der Waals surface area contributed by atoms with Crippen LogP contribution in [0.2, 0.25) is 0 Å². The maximum Gasteiger partial charge on any atom is 0.163 e. The highest BCUT2D eigenvalue weighted by molar-refractivity contribution is 5.80. The van der Waals surface area contributed by atoms with Crippen LogP contribution >= 0.6 is 0 Å². The molecule has 0 atom stereocenters. The van der Waals surface area contributed by atoms with Crippen LogP contribution in [-0.2, 0) is 6.54 Å². The number of aliphatic hydroxyl groups is 1. The van der Waals surface area contributed by atoms with Gasteiger partial charge in [0, 0.05) is 18.7 Å². The lowest BCUT2D eigenvalue weighted by atomic mass is 10.2. The van der Waals surface area contributed by atoms with Crippen LogP contribution in [0, 0.1) is 6.92 Å². The van der Waals surface area contributed by atoms with Gasteiger partial charge in [0.05, 0.1) is 17.6 Å². The van der Waals surface area contributed by atoms with Gasteiger partial charge in [0.1, 0.15) is 19.0 Å². The number of rotatable bonds is 2. The van der Waals surface area contributed by atoms with Crippen molar-refractivity contribution in [1.29, 1.82) is 0 Å². The van der Waals surface area contributed by atoms with E-state index in [0.29, 0.717) is 19.8 Å². The van der Waals surface area contributed by atoms with Crippen molar-refractivity contribution in [3.63, 3.8) is 0 Å². The molecule has 5 heteroatoms. The minimum Gasteiger partial charge on any atom is -0.486 e. The molecule has 0 unspecified atom stereocenters. The number of aryl methyl sites for hydroxylation is 1. The summed E-state index contributed by atoms with van der Waals surface area (Å²) in [6, 6.07) is 3.82. The summed E-state index contributed by atoms with van der Waals surface area (Å²) < 4.78 is 13.0. The normalized spacial score (nSPS) is 14.2. The summed E-state index contributed by atoms with van der Waals surface area (Å²) in [6.45, 7) is 3.72. The van der Waals surface area contributed by atoms with Gasteiger partial charge in [0.25, 0.3) is 0 Å². The van der Waals surface area contributed by atoms with E-state index in [1.165, 1.54) is 0 Å². The first-order valence-electron chi connectivity index (χ1n) is 5.67. The van der Waals surface area contributed by atoms with Crippen molar-refractivity contribution in [1.82, 2.24) is 9.55 Å². The van der Waals surface area contributed by atoms with Gasteiger partial charge in [-0.05, 0) is 6.92 Å². The number of aliphatic hydroxyl groups excluding tert-OH is 1. The van der Waals surface area contributed by atoms with Crippen LogP contribution in [0.4, 0.5) is 0 Å². The van der Waals surface area contributed by atoms with E-state index in [1.807, 2.05) is 23.6 Å². The molecule has 0 amide bonds. The molecule has 1 N–H and O–H groups in total. The monoisotopic (exact) mass is 234 g/mol. The first-order valence-corrected chi connectivity index (χ1v) is 5.67. The van der Waals surface area contributed by atoms with E-state index in [4.69, 9.17) is 14.6 Å². The van der Waals surface area contributed by atoms with Gasteiger partial charge in [-0.1, -0.05) is 0 Å². The Morgan fingerprint density at radius 2 is 2.00 bits per heavy atom. The molecule has 1 aromatic heterocycles. The highest BCUT2D eigenvalue weighted by atomic mass is 16.6. The minimum absolute atomic E-state index is 0.0980. The maximum absolute atomic E-state index is 9.06. The van der Waals surface area contributed by atoms with Gasteiger partial charge in [0.15, 0.2) is 11.5 Å². The number of aromatic nitrogens is 2. The number of hydrogen-bond donors (Lipinski definition) is 1. The summed E-state index contributed by atoms with van der Waals surface area (Å²) in [5, 5.41) is 9.06. The lowest BCUT2D eigenvalue weighted by Gasteiger charge is -2.18. The second-order valence-corrected chi connectivity index (χ2v) is 4.02. The summed E-state index contributed by atoms with van der Waals surface area (Å²) in [6.07, 6.45) is 0. The van der Waals surface area contributed by atoms with Crippen molar-refractivity contribution < 1.29 is 14.6 Å². The molecule has 0 radical (unpaired) electrons. The van der Waals surface area contributed by atoms with E-state index >= 15 is 0 Å². The fourth-order valence-corrected chi connectivity index (χ4v) is 2.16. The quantitative estimate of drug-likeness (QED) is 0.845. The van der Waals surface area contributed by atoms with Crippen LogP contribution in [0.3, 0.4) is 0 Å². The van der Waals surface area contributed by atoms with Gasteiger partial charge in [-0.2, -0.15) is 0 Å². The Morgan fingerprint density at radius 3 is 2.71 bits per heavy atom. The molecule has 0 saturated heterocycles. The third kappa shape index (κ3) is 1.63. The molecule has 0 fully saturated rings. The molecular formula is C12H14N2O3. The minimum atomic E-state index is 0.0980. The summed E-state index contributed by atoms with van der Waals surface area (Å²) in [7, 11) is 0. The summed E-state index contributed by atoms with van der Waals surface area (Å²) in [5.74, 6) is 2.39. The molecule has 0 aliphatic carbocycles. The average Bonchev–Trinajstić information content (AvgIpc) is 2.63. The number of benzene rings is 1. The Balaban J connectivity index is 2.19. The summed E-state index contributed by atoms with van der Waals surface area (Å²) in [4.78, 5) is 4.46. The predicted octanol–water partition coefficient (Wildman–Crippen LogP) is 1.11. The number of imidazole rings is 1. The fraction of sp³-hybridized carbons (Fsp3) is 0.417. The molecule has 1 aliphatic rings. The summed E-state index contributed by atoms with van der Waals surface area (Å²) in [5.41, 5.74) is 1.85. The molecule has 0 saturated carbocycles. The van der Waals surface area contributed by atoms with E-state index in [2.05, 4.69) is 4.98 Å². The zero-order chi connectivity index (χ0) is 11.8. The molecule has 3 rings (SSSR count). The smallest absolute Gasteiger partial charge is 0.163 e. The Hall–Kier alpha value is -1.75. The Labute approximate surface area is 98.6 Å². The first-order chi connectivity index (χ1) is 8.29. The number of ether oxygens (including phenoxy) is 2. The highest BCUT2D eigenvalue weighted by Crippen LogP contribution is 2.34. The van der Waals surface area contributed by atoms with Crippen LogP contribution < -0.4 is 9.47 Å². The van der Waals surface area contributed by atoms with Crippen LogP contribution in [-0.4, -0.2) is 34.5 Å². The number of nitrogens with zero attached hydrogens (tertiary/aromatic N) is 2. The first kappa shape index (κ1) is 10.4. The molecule has 90 valence electrons. The maximum atomic E-state index is 9.06. The van der Waals surface area contributed by atoms with Gasteiger partial charge in [-0.3, -0.25) is 0 Å². The van der Waals surface area contributed by atoms with Gasteiger partial charge in [-0.25, -0.2) is 4.98 Å². The van der Waals surface area contributed by atoms with E-state index in [0.717, 1.165) is 28.4 Å². The van der Waals surface area contributed by atoms with Gasteiger partial charge in [0.2, 0.25) is 0 Å². The van der Waals surface area contributed by atoms with E-state index in [-0.39, 0.29) is 6.61 Å². The zero-order valence-corrected chi connectivity index (χ0v) is 9.64. The molecule has 2 heterocycles. The van der Waals surface area contributed by atoms with Gasteiger partial charge < -0.3 is 19.1 Å². The fourth-order valence-electron chi connectivity index (χ4n) is 2.16. The number of hydrogen-bond acceptors (Lipinski definition) is 4. The lowest BCUT2D eigenvalue weighted by molar-refractivity contribution is 0.172. The Bertz CT molecular complexity index is 562. The van der Waals surface area contributed by atoms with Crippen LogP contribution in [0.15, 0.2) is 12.1 Å². The third-order valence-corrected chi connectivity index (χ3v) is 2.93. The largest absolute Gasteiger partial charge is 0.486 e.